The number of nitrogens with one attached hydrogen (secondary N) is 1. The molecule has 0 aromatic rings. The fourth-order valence-electron chi connectivity index (χ4n) is 3.00. The average Bonchev–Trinajstić information content (AvgIpc) is 2.71. The highest BCUT2D eigenvalue weighted by Crippen LogP contribution is 2.35. The van der Waals surface area contributed by atoms with E-state index in [0.29, 0.717) is 19.3 Å². The summed E-state index contributed by atoms with van der Waals surface area (Å²) in [5, 5.41) is 12.5. The average molecular weight is 263 g/mol. The minimum absolute atomic E-state index is 0.209. The fraction of sp³-hybridized carbons (Fsp3) is 0.600. The Labute approximate surface area is 113 Å². The highest BCUT2D eigenvalue weighted by molar-refractivity contribution is 5.98. The molecule has 4 nitrogen and oxygen atoms in total. The molecule has 0 heterocycles. The second-order valence-corrected chi connectivity index (χ2v) is 5.62. The van der Waals surface area contributed by atoms with Gasteiger partial charge in [0.1, 0.15) is 0 Å². The zero-order valence-corrected chi connectivity index (χ0v) is 11.4. The van der Waals surface area contributed by atoms with Crippen LogP contribution in [0.25, 0.3) is 0 Å². The zero-order chi connectivity index (χ0) is 14.0. The van der Waals surface area contributed by atoms with Crippen molar-refractivity contribution in [3.8, 4) is 0 Å². The van der Waals surface area contributed by atoms with E-state index in [4.69, 9.17) is 5.11 Å². The summed E-state index contributed by atoms with van der Waals surface area (Å²) in [7, 11) is 0. The molecular formula is C15H21NO3. The maximum absolute atomic E-state index is 11.6. The molecule has 0 atom stereocenters. The van der Waals surface area contributed by atoms with Crippen molar-refractivity contribution < 1.29 is 14.7 Å². The molecule has 2 N–H and O–H groups in total. The molecular weight excluding hydrogens is 242 g/mol. The summed E-state index contributed by atoms with van der Waals surface area (Å²) in [4.78, 5) is 22.6. The monoisotopic (exact) mass is 263 g/mol. The Bertz CT molecular complexity index is 442. The van der Waals surface area contributed by atoms with Crippen molar-refractivity contribution in [3.05, 3.63) is 23.9 Å². The first kappa shape index (κ1) is 13.8. The Kier molecular flexibility index (Phi) is 3.78. The van der Waals surface area contributed by atoms with Gasteiger partial charge in [-0.2, -0.15) is 0 Å². The van der Waals surface area contributed by atoms with Gasteiger partial charge in [-0.05, 0) is 39.0 Å². The maximum Gasteiger partial charge on any atom is 0.306 e. The molecule has 2 aliphatic carbocycles. The van der Waals surface area contributed by atoms with Crippen molar-refractivity contribution in [1.29, 1.82) is 0 Å². The third-order valence-electron chi connectivity index (χ3n) is 4.49. The molecule has 1 fully saturated rings. The van der Waals surface area contributed by atoms with Gasteiger partial charge in [0, 0.05) is 17.7 Å². The van der Waals surface area contributed by atoms with Gasteiger partial charge in [-0.15, -0.1) is 6.58 Å². The molecule has 0 aromatic carbocycles. The second kappa shape index (κ2) is 5.19. The number of Topliss-reactive ketones (excluding diaryl/α,β-unsaturated/α-hetero) is 1. The first-order valence-electron chi connectivity index (χ1n) is 6.85. The number of aliphatic carboxylic acids is 1. The number of carboxylic acid groups (broad SMARTS) is 1. The predicted molar refractivity (Wildman–Crippen MR) is 72.6 cm³/mol. The highest BCUT2D eigenvalue weighted by Gasteiger charge is 2.36. The van der Waals surface area contributed by atoms with E-state index in [0.717, 1.165) is 30.5 Å². The lowest BCUT2D eigenvalue weighted by atomic mass is 9.76. The van der Waals surface area contributed by atoms with Crippen molar-refractivity contribution in [2.24, 2.45) is 5.92 Å². The highest BCUT2D eigenvalue weighted by atomic mass is 16.4. The summed E-state index contributed by atoms with van der Waals surface area (Å²) < 4.78 is 0. The van der Waals surface area contributed by atoms with E-state index < -0.39 is 5.97 Å². The van der Waals surface area contributed by atoms with Gasteiger partial charge in [0.05, 0.1) is 11.5 Å². The Morgan fingerprint density at radius 1 is 1.42 bits per heavy atom. The van der Waals surface area contributed by atoms with Gasteiger partial charge >= 0.3 is 5.97 Å². The van der Waals surface area contributed by atoms with E-state index >= 15 is 0 Å². The molecule has 0 saturated heterocycles. The van der Waals surface area contributed by atoms with E-state index in [1.165, 1.54) is 0 Å². The predicted octanol–water partition coefficient (Wildman–Crippen LogP) is 2.41. The van der Waals surface area contributed by atoms with Gasteiger partial charge in [0.15, 0.2) is 5.78 Å². The third-order valence-corrected chi connectivity index (χ3v) is 4.49. The number of carboxylic acids is 1. The number of hydrogen-bond donors (Lipinski definition) is 2. The van der Waals surface area contributed by atoms with Crippen LogP contribution in [0.2, 0.25) is 0 Å². The molecule has 2 aliphatic rings. The molecule has 0 aromatic heterocycles. The normalized spacial score (nSPS) is 31.4. The quantitative estimate of drug-likeness (QED) is 0.764. The van der Waals surface area contributed by atoms with Crippen LogP contribution in [0.5, 0.6) is 0 Å². The Morgan fingerprint density at radius 3 is 2.47 bits per heavy atom. The molecule has 0 amide bonds. The summed E-state index contributed by atoms with van der Waals surface area (Å²) in [6, 6.07) is 0. The van der Waals surface area contributed by atoms with Crippen molar-refractivity contribution in [2.45, 2.75) is 51.0 Å². The summed E-state index contributed by atoms with van der Waals surface area (Å²) in [5.74, 6) is -0.736. The number of ketones is 1. The number of carbonyl (C=O) groups excluding carboxylic acids is 1. The van der Waals surface area contributed by atoms with E-state index in [2.05, 4.69) is 11.9 Å². The number of rotatable bonds is 4. The molecule has 0 spiro atoms. The molecule has 4 heteroatoms. The van der Waals surface area contributed by atoms with Crippen molar-refractivity contribution in [2.75, 3.05) is 0 Å². The van der Waals surface area contributed by atoms with Crippen LogP contribution in [0.4, 0.5) is 0 Å². The standard InChI is InChI=1S/C15H21NO3/c1-3-15(8-6-11(7-9-15)14(18)19)16-12-4-5-13(17)10(12)2/h3,11,16H,1,4-9H2,2H3,(H,18,19)/t11-,15+. The molecule has 104 valence electrons. The summed E-state index contributed by atoms with van der Waals surface area (Å²) in [6.07, 6.45) is 6.08. The molecule has 2 rings (SSSR count). The molecule has 1 saturated carbocycles. The molecule has 0 bridgehead atoms. The SMILES string of the molecule is C=C[C@]1(NC2=C(C)C(=O)CC2)CC[C@@H](C(=O)O)CC1. The van der Waals surface area contributed by atoms with Crippen LogP contribution in [0.3, 0.4) is 0 Å². The Hall–Kier alpha value is -1.58. The van der Waals surface area contributed by atoms with Gasteiger partial charge in [0.25, 0.3) is 0 Å². The number of carbonyl (C=O) groups is 2. The van der Waals surface area contributed by atoms with Crippen LogP contribution in [0.1, 0.15) is 45.4 Å². The minimum Gasteiger partial charge on any atom is -0.481 e. The lowest BCUT2D eigenvalue weighted by Crippen LogP contribution is -2.46. The Balaban J connectivity index is 2.07. The lowest BCUT2D eigenvalue weighted by molar-refractivity contribution is -0.143. The van der Waals surface area contributed by atoms with Crippen molar-refractivity contribution in [3.63, 3.8) is 0 Å². The third kappa shape index (κ3) is 2.72. The van der Waals surface area contributed by atoms with Gasteiger partial charge in [-0.1, -0.05) is 6.08 Å². The first-order valence-corrected chi connectivity index (χ1v) is 6.85. The van der Waals surface area contributed by atoms with E-state index in [9.17, 15) is 9.59 Å². The van der Waals surface area contributed by atoms with Gasteiger partial charge in [-0.25, -0.2) is 0 Å². The summed E-state index contributed by atoms with van der Waals surface area (Å²) >= 11 is 0. The van der Waals surface area contributed by atoms with Gasteiger partial charge < -0.3 is 10.4 Å². The molecule has 19 heavy (non-hydrogen) atoms. The van der Waals surface area contributed by atoms with Crippen LogP contribution < -0.4 is 5.32 Å². The van der Waals surface area contributed by atoms with Gasteiger partial charge in [0.2, 0.25) is 0 Å². The molecule has 0 unspecified atom stereocenters. The van der Waals surface area contributed by atoms with Crippen molar-refractivity contribution in [1.82, 2.24) is 5.32 Å². The number of hydrogen-bond acceptors (Lipinski definition) is 3. The van der Waals surface area contributed by atoms with Crippen molar-refractivity contribution >= 4 is 11.8 Å². The van der Waals surface area contributed by atoms with E-state index in [1.54, 1.807) is 0 Å². The summed E-state index contributed by atoms with van der Waals surface area (Å²) in [6.45, 7) is 5.75. The fourth-order valence-corrected chi connectivity index (χ4v) is 3.00. The van der Waals surface area contributed by atoms with Crippen LogP contribution in [-0.2, 0) is 9.59 Å². The molecule has 0 aliphatic heterocycles. The van der Waals surface area contributed by atoms with Gasteiger partial charge in [-0.3, -0.25) is 9.59 Å². The Morgan fingerprint density at radius 2 is 2.05 bits per heavy atom. The smallest absolute Gasteiger partial charge is 0.306 e. The first-order chi connectivity index (χ1) is 8.97. The zero-order valence-electron chi connectivity index (χ0n) is 11.4. The van der Waals surface area contributed by atoms with Crippen LogP contribution in [0.15, 0.2) is 23.9 Å². The summed E-state index contributed by atoms with van der Waals surface area (Å²) in [5.41, 5.74) is 1.59. The largest absolute Gasteiger partial charge is 0.481 e. The van der Waals surface area contributed by atoms with Crippen LogP contribution in [-0.4, -0.2) is 22.4 Å². The minimum atomic E-state index is -0.705. The lowest BCUT2D eigenvalue weighted by Gasteiger charge is -2.39. The number of allylic oxidation sites excluding steroid dienone is 2. The second-order valence-electron chi connectivity index (χ2n) is 5.62. The van der Waals surface area contributed by atoms with Crippen LogP contribution in [0, 0.1) is 5.92 Å². The van der Waals surface area contributed by atoms with Crippen LogP contribution >= 0.6 is 0 Å². The topological polar surface area (TPSA) is 66.4 Å². The van der Waals surface area contributed by atoms with E-state index in [1.807, 2.05) is 13.0 Å². The molecule has 0 radical (unpaired) electrons. The maximum atomic E-state index is 11.6. The van der Waals surface area contributed by atoms with E-state index in [-0.39, 0.29) is 17.2 Å².